The third-order valence-corrected chi connectivity index (χ3v) is 4.77. The predicted octanol–water partition coefficient (Wildman–Crippen LogP) is 2.42. The molecule has 2 aromatic rings. The van der Waals surface area contributed by atoms with Crippen molar-refractivity contribution in [1.29, 1.82) is 0 Å². The van der Waals surface area contributed by atoms with Gasteiger partial charge in [0, 0.05) is 30.4 Å². The highest BCUT2D eigenvalue weighted by molar-refractivity contribution is 6.12. The van der Waals surface area contributed by atoms with Crippen LogP contribution in [0.15, 0.2) is 48.5 Å². The van der Waals surface area contributed by atoms with Crippen molar-refractivity contribution < 1.29 is 19.1 Å². The lowest BCUT2D eigenvalue weighted by Gasteiger charge is -2.29. The van der Waals surface area contributed by atoms with E-state index in [2.05, 4.69) is 10.6 Å². The summed E-state index contributed by atoms with van der Waals surface area (Å²) in [6.45, 7) is 3.64. The molecule has 1 heterocycles. The number of hydrogen-bond acceptors (Lipinski definition) is 4. The smallest absolute Gasteiger partial charge is 0.258 e. The molecular weight excluding hydrogens is 358 g/mol. The normalized spacial score (nSPS) is 17.8. The molecule has 0 saturated heterocycles. The van der Waals surface area contributed by atoms with Crippen LogP contribution in [0.4, 0.5) is 11.4 Å². The molecule has 1 aliphatic heterocycles. The van der Waals surface area contributed by atoms with Crippen molar-refractivity contribution in [3.8, 4) is 5.75 Å². The average molecular weight is 381 g/mol. The molecule has 0 unspecified atom stereocenters. The molecule has 2 aromatic carbocycles. The molecule has 7 nitrogen and oxygen atoms in total. The Bertz CT molecular complexity index is 910. The van der Waals surface area contributed by atoms with E-state index in [9.17, 15) is 14.4 Å². The quantitative estimate of drug-likeness (QED) is 0.804. The SMILES string of the molecule is CCN1C(=O)[C@](CC(=O)Nc2ccc(OC)cc2)(NC(C)=O)c2ccccc21. The molecule has 0 saturated carbocycles. The van der Waals surface area contributed by atoms with Crippen LogP contribution < -0.4 is 20.3 Å². The molecule has 0 bridgehead atoms. The molecule has 2 N–H and O–H groups in total. The largest absolute Gasteiger partial charge is 0.497 e. The van der Waals surface area contributed by atoms with E-state index in [0.29, 0.717) is 29.2 Å². The molecule has 0 fully saturated rings. The number of methoxy groups -OCH3 is 1. The van der Waals surface area contributed by atoms with Crippen molar-refractivity contribution in [3.05, 3.63) is 54.1 Å². The summed E-state index contributed by atoms with van der Waals surface area (Å²) in [5.74, 6) is -0.388. The van der Waals surface area contributed by atoms with Crippen LogP contribution in [0.2, 0.25) is 0 Å². The monoisotopic (exact) mass is 381 g/mol. The van der Waals surface area contributed by atoms with E-state index in [1.54, 1.807) is 48.4 Å². The number of nitrogens with zero attached hydrogens (tertiary/aromatic N) is 1. The summed E-state index contributed by atoms with van der Waals surface area (Å²) in [4.78, 5) is 39.6. The van der Waals surface area contributed by atoms with Gasteiger partial charge in [0.2, 0.25) is 11.8 Å². The molecule has 0 radical (unpaired) electrons. The molecule has 28 heavy (non-hydrogen) atoms. The highest BCUT2D eigenvalue weighted by atomic mass is 16.5. The van der Waals surface area contributed by atoms with Gasteiger partial charge in [-0.2, -0.15) is 0 Å². The molecule has 3 amide bonds. The lowest BCUT2D eigenvalue weighted by atomic mass is 9.87. The second-order valence-electron chi connectivity index (χ2n) is 6.61. The Labute approximate surface area is 163 Å². The first-order chi connectivity index (χ1) is 13.4. The minimum atomic E-state index is -1.42. The van der Waals surface area contributed by atoms with Crippen molar-refractivity contribution in [3.63, 3.8) is 0 Å². The van der Waals surface area contributed by atoms with Crippen molar-refractivity contribution in [2.45, 2.75) is 25.8 Å². The van der Waals surface area contributed by atoms with Crippen molar-refractivity contribution >= 4 is 29.1 Å². The van der Waals surface area contributed by atoms with Crippen molar-refractivity contribution in [2.24, 2.45) is 0 Å². The number of para-hydroxylation sites is 1. The fourth-order valence-electron chi connectivity index (χ4n) is 3.60. The summed E-state index contributed by atoms with van der Waals surface area (Å²) < 4.78 is 5.11. The summed E-state index contributed by atoms with van der Waals surface area (Å²) in [6.07, 6.45) is -0.203. The summed E-state index contributed by atoms with van der Waals surface area (Å²) in [5, 5.41) is 5.54. The van der Waals surface area contributed by atoms with Gasteiger partial charge >= 0.3 is 0 Å². The van der Waals surface area contributed by atoms with E-state index in [4.69, 9.17) is 4.74 Å². The lowest BCUT2D eigenvalue weighted by Crippen LogP contribution is -2.54. The zero-order chi connectivity index (χ0) is 20.3. The average Bonchev–Trinajstić information content (AvgIpc) is 2.89. The molecule has 7 heteroatoms. The van der Waals surface area contributed by atoms with Gasteiger partial charge in [-0.3, -0.25) is 14.4 Å². The number of rotatable bonds is 6. The van der Waals surface area contributed by atoms with E-state index in [0.717, 1.165) is 0 Å². The number of carbonyl (C=O) groups excluding carboxylic acids is 3. The summed E-state index contributed by atoms with van der Waals surface area (Å²) in [7, 11) is 1.56. The van der Waals surface area contributed by atoms with Gasteiger partial charge in [-0.05, 0) is 37.3 Å². The molecular formula is C21H23N3O4. The van der Waals surface area contributed by atoms with Gasteiger partial charge in [0.05, 0.1) is 13.5 Å². The van der Waals surface area contributed by atoms with Gasteiger partial charge in [-0.15, -0.1) is 0 Å². The van der Waals surface area contributed by atoms with Crippen LogP contribution in [0, 0.1) is 0 Å². The summed E-state index contributed by atoms with van der Waals surface area (Å²) in [6, 6.07) is 14.1. The Balaban J connectivity index is 1.92. The topological polar surface area (TPSA) is 87.7 Å². The highest BCUT2D eigenvalue weighted by Gasteiger charge is 2.52. The molecule has 3 rings (SSSR count). The van der Waals surface area contributed by atoms with Gasteiger partial charge in [-0.25, -0.2) is 0 Å². The Morgan fingerprint density at radius 1 is 1.11 bits per heavy atom. The number of amides is 3. The van der Waals surface area contributed by atoms with Gasteiger partial charge < -0.3 is 20.3 Å². The number of carbonyl (C=O) groups is 3. The first-order valence-corrected chi connectivity index (χ1v) is 9.05. The number of fused-ring (bicyclic) bond motifs is 1. The zero-order valence-electron chi connectivity index (χ0n) is 16.1. The second-order valence-corrected chi connectivity index (χ2v) is 6.61. The maximum absolute atomic E-state index is 13.2. The van der Waals surface area contributed by atoms with Gasteiger partial charge in [0.15, 0.2) is 5.54 Å². The highest BCUT2D eigenvalue weighted by Crippen LogP contribution is 2.42. The summed E-state index contributed by atoms with van der Waals surface area (Å²) in [5.41, 5.74) is 0.493. The Hall–Kier alpha value is -3.35. The Kier molecular flexibility index (Phi) is 5.35. The van der Waals surface area contributed by atoms with Crippen LogP contribution in [-0.4, -0.2) is 31.4 Å². The van der Waals surface area contributed by atoms with Crippen LogP contribution in [0.3, 0.4) is 0 Å². The van der Waals surface area contributed by atoms with E-state index in [-0.39, 0.29) is 24.1 Å². The molecule has 0 aliphatic carbocycles. The number of nitrogens with one attached hydrogen (secondary N) is 2. The third-order valence-electron chi connectivity index (χ3n) is 4.77. The fraction of sp³-hybridized carbons (Fsp3) is 0.286. The van der Waals surface area contributed by atoms with Gasteiger partial charge in [0.25, 0.3) is 5.91 Å². The zero-order valence-corrected chi connectivity index (χ0v) is 16.1. The van der Waals surface area contributed by atoms with Crippen LogP contribution >= 0.6 is 0 Å². The number of likely N-dealkylation sites (N-methyl/N-ethyl adjacent to an activating group) is 1. The first kappa shape index (κ1) is 19.4. The van der Waals surface area contributed by atoms with E-state index in [1.807, 2.05) is 19.1 Å². The number of anilines is 2. The minimum absolute atomic E-state index is 0.203. The molecule has 0 aromatic heterocycles. The minimum Gasteiger partial charge on any atom is -0.497 e. The van der Waals surface area contributed by atoms with Gasteiger partial charge in [0.1, 0.15) is 5.75 Å². The molecule has 1 atom stereocenters. The fourth-order valence-corrected chi connectivity index (χ4v) is 3.60. The van der Waals surface area contributed by atoms with E-state index < -0.39 is 5.54 Å². The van der Waals surface area contributed by atoms with Crippen LogP contribution in [0.1, 0.15) is 25.8 Å². The van der Waals surface area contributed by atoms with Crippen LogP contribution in [0.5, 0.6) is 5.75 Å². The van der Waals surface area contributed by atoms with Crippen molar-refractivity contribution in [2.75, 3.05) is 23.9 Å². The second kappa shape index (κ2) is 7.72. The maximum Gasteiger partial charge on any atom is 0.258 e. The number of ether oxygens (including phenoxy) is 1. The third kappa shape index (κ3) is 3.43. The van der Waals surface area contributed by atoms with Crippen LogP contribution in [-0.2, 0) is 19.9 Å². The van der Waals surface area contributed by atoms with Crippen LogP contribution in [0.25, 0.3) is 0 Å². The van der Waals surface area contributed by atoms with Crippen molar-refractivity contribution in [1.82, 2.24) is 5.32 Å². The first-order valence-electron chi connectivity index (χ1n) is 9.05. The maximum atomic E-state index is 13.2. The lowest BCUT2D eigenvalue weighted by molar-refractivity contribution is -0.133. The standard InChI is InChI=1S/C21H23N3O4/c1-4-24-18-8-6-5-7-17(18)21(20(24)27,23-14(2)25)13-19(26)22-15-9-11-16(28-3)12-10-15/h5-12H,4,13H2,1-3H3,(H,22,26)(H,23,25)/t21-/m1/s1. The Morgan fingerprint density at radius 2 is 1.79 bits per heavy atom. The summed E-state index contributed by atoms with van der Waals surface area (Å²) >= 11 is 0. The molecule has 1 aliphatic rings. The van der Waals surface area contributed by atoms with E-state index in [1.165, 1.54) is 6.92 Å². The number of benzene rings is 2. The molecule has 146 valence electrons. The van der Waals surface area contributed by atoms with E-state index >= 15 is 0 Å². The Morgan fingerprint density at radius 3 is 2.39 bits per heavy atom. The number of hydrogen-bond donors (Lipinski definition) is 2. The predicted molar refractivity (Wildman–Crippen MR) is 106 cm³/mol. The van der Waals surface area contributed by atoms with Gasteiger partial charge in [-0.1, -0.05) is 18.2 Å². The molecule has 0 spiro atoms.